The van der Waals surface area contributed by atoms with E-state index in [1.807, 2.05) is 0 Å². The van der Waals surface area contributed by atoms with Crippen LogP contribution >= 0.6 is 0 Å². The van der Waals surface area contributed by atoms with Gasteiger partial charge in [-0.25, -0.2) is 4.79 Å². The summed E-state index contributed by atoms with van der Waals surface area (Å²) in [6.45, 7) is 2.87. The molecule has 19 heavy (non-hydrogen) atoms. The number of nitrogens with one attached hydrogen (secondary N) is 1. The molecule has 1 fully saturated rings. The Hall–Kier alpha value is -1.59. The standard InChI is InChI=1S/C14H20N2O3/c1-10(17)11-2-4-12(5-3-11)15-14(19)16-8-6-13(18)7-9-16/h2-5,10,13,17-18H,6-9H2,1H3,(H,15,19). The highest BCUT2D eigenvalue weighted by molar-refractivity contribution is 5.89. The van der Waals surface area contributed by atoms with Gasteiger partial charge in [-0.3, -0.25) is 0 Å². The second-order valence-corrected chi connectivity index (χ2v) is 4.95. The maximum absolute atomic E-state index is 12.0. The van der Waals surface area contributed by atoms with E-state index in [4.69, 9.17) is 0 Å². The average molecular weight is 264 g/mol. The van der Waals surface area contributed by atoms with Gasteiger partial charge in [0.1, 0.15) is 0 Å². The van der Waals surface area contributed by atoms with E-state index in [2.05, 4.69) is 5.32 Å². The minimum absolute atomic E-state index is 0.142. The molecule has 1 saturated heterocycles. The maximum atomic E-state index is 12.0. The molecule has 5 nitrogen and oxygen atoms in total. The normalized spacial score (nSPS) is 18.2. The number of carbonyl (C=O) groups excluding carboxylic acids is 1. The Bertz CT molecular complexity index is 423. The molecule has 1 aliphatic rings. The van der Waals surface area contributed by atoms with E-state index in [-0.39, 0.29) is 12.1 Å². The summed E-state index contributed by atoms with van der Waals surface area (Å²) in [5.74, 6) is 0. The molecule has 5 heteroatoms. The van der Waals surface area contributed by atoms with Crippen molar-refractivity contribution in [3.63, 3.8) is 0 Å². The summed E-state index contributed by atoms with van der Waals surface area (Å²) in [6.07, 6.45) is 0.477. The van der Waals surface area contributed by atoms with Crippen LogP contribution in [0.25, 0.3) is 0 Å². The summed E-state index contributed by atoms with van der Waals surface area (Å²) in [5.41, 5.74) is 1.53. The van der Waals surface area contributed by atoms with Crippen LogP contribution < -0.4 is 5.32 Å². The minimum atomic E-state index is -0.506. The Balaban J connectivity index is 1.91. The third-order valence-corrected chi connectivity index (χ3v) is 3.40. The molecule has 3 N–H and O–H groups in total. The molecule has 1 aromatic carbocycles. The number of rotatable bonds is 2. The van der Waals surface area contributed by atoms with Crippen LogP contribution in [0.3, 0.4) is 0 Å². The number of likely N-dealkylation sites (tertiary alicyclic amines) is 1. The van der Waals surface area contributed by atoms with Crippen molar-refractivity contribution in [2.45, 2.75) is 32.0 Å². The van der Waals surface area contributed by atoms with Crippen LogP contribution in [0.4, 0.5) is 10.5 Å². The number of hydrogen-bond acceptors (Lipinski definition) is 3. The van der Waals surface area contributed by atoms with E-state index in [9.17, 15) is 15.0 Å². The zero-order chi connectivity index (χ0) is 13.8. The number of amides is 2. The molecule has 1 aliphatic heterocycles. The highest BCUT2D eigenvalue weighted by Crippen LogP contribution is 2.17. The molecule has 0 radical (unpaired) electrons. The largest absolute Gasteiger partial charge is 0.393 e. The molecule has 0 aliphatic carbocycles. The molecule has 1 unspecified atom stereocenters. The van der Waals surface area contributed by atoms with Crippen LogP contribution in [-0.2, 0) is 0 Å². The molecule has 0 spiro atoms. The van der Waals surface area contributed by atoms with E-state index in [1.165, 1.54) is 0 Å². The number of hydrogen-bond donors (Lipinski definition) is 3. The van der Waals surface area contributed by atoms with Gasteiger partial charge in [0.2, 0.25) is 0 Å². The van der Waals surface area contributed by atoms with Crippen molar-refractivity contribution < 1.29 is 15.0 Å². The summed E-state index contributed by atoms with van der Waals surface area (Å²) in [6, 6.07) is 6.99. The minimum Gasteiger partial charge on any atom is -0.393 e. The predicted octanol–water partition coefficient (Wildman–Crippen LogP) is 1.73. The molecular weight excluding hydrogens is 244 g/mol. The maximum Gasteiger partial charge on any atom is 0.321 e. The number of piperidine rings is 1. The summed E-state index contributed by atoms with van der Waals surface area (Å²) >= 11 is 0. The number of carbonyl (C=O) groups is 1. The molecular formula is C14H20N2O3. The molecule has 1 atom stereocenters. The Kier molecular flexibility index (Phi) is 4.39. The van der Waals surface area contributed by atoms with Gasteiger partial charge in [-0.15, -0.1) is 0 Å². The lowest BCUT2D eigenvalue weighted by atomic mass is 10.1. The fourth-order valence-electron chi connectivity index (χ4n) is 2.12. The number of aliphatic hydroxyl groups excluding tert-OH is 2. The highest BCUT2D eigenvalue weighted by Gasteiger charge is 2.21. The molecule has 1 aromatic rings. The lowest BCUT2D eigenvalue weighted by Crippen LogP contribution is -2.42. The van der Waals surface area contributed by atoms with Crippen molar-refractivity contribution in [1.82, 2.24) is 4.90 Å². The van der Waals surface area contributed by atoms with Crippen LogP contribution in [0.15, 0.2) is 24.3 Å². The van der Waals surface area contributed by atoms with Crippen LogP contribution in [0.5, 0.6) is 0 Å². The topological polar surface area (TPSA) is 72.8 Å². The van der Waals surface area contributed by atoms with Crippen LogP contribution in [-0.4, -0.2) is 40.3 Å². The lowest BCUT2D eigenvalue weighted by Gasteiger charge is -2.29. The first-order chi connectivity index (χ1) is 9.06. The smallest absolute Gasteiger partial charge is 0.321 e. The Morgan fingerprint density at radius 2 is 1.89 bits per heavy atom. The predicted molar refractivity (Wildman–Crippen MR) is 72.9 cm³/mol. The van der Waals surface area contributed by atoms with E-state index in [0.717, 1.165) is 5.56 Å². The fraction of sp³-hybridized carbons (Fsp3) is 0.500. The monoisotopic (exact) mass is 264 g/mol. The van der Waals surface area contributed by atoms with Crippen molar-refractivity contribution in [1.29, 1.82) is 0 Å². The van der Waals surface area contributed by atoms with Gasteiger partial charge in [0.15, 0.2) is 0 Å². The molecule has 104 valence electrons. The number of benzene rings is 1. The van der Waals surface area contributed by atoms with E-state index >= 15 is 0 Å². The average Bonchev–Trinajstić information content (AvgIpc) is 2.40. The Morgan fingerprint density at radius 3 is 2.42 bits per heavy atom. The molecule has 0 aromatic heterocycles. The van der Waals surface area contributed by atoms with Crippen LogP contribution in [0, 0.1) is 0 Å². The van der Waals surface area contributed by atoms with Crippen molar-refractivity contribution in [2.24, 2.45) is 0 Å². The second-order valence-electron chi connectivity index (χ2n) is 4.95. The van der Waals surface area contributed by atoms with E-state index in [0.29, 0.717) is 31.6 Å². The number of aliphatic hydroxyl groups is 2. The summed E-state index contributed by atoms with van der Waals surface area (Å²) in [7, 11) is 0. The quantitative estimate of drug-likeness (QED) is 0.761. The molecule has 0 bridgehead atoms. The zero-order valence-corrected chi connectivity index (χ0v) is 11.0. The summed E-state index contributed by atoms with van der Waals surface area (Å²) in [5, 5.41) is 21.6. The van der Waals surface area contributed by atoms with Crippen molar-refractivity contribution in [3.8, 4) is 0 Å². The Labute approximate surface area is 112 Å². The van der Waals surface area contributed by atoms with Crippen molar-refractivity contribution in [2.75, 3.05) is 18.4 Å². The van der Waals surface area contributed by atoms with Crippen LogP contribution in [0.1, 0.15) is 31.4 Å². The first kappa shape index (κ1) is 13.8. The first-order valence-corrected chi connectivity index (χ1v) is 6.58. The van der Waals surface area contributed by atoms with Gasteiger partial charge < -0.3 is 20.4 Å². The first-order valence-electron chi connectivity index (χ1n) is 6.58. The molecule has 2 amide bonds. The number of nitrogens with zero attached hydrogens (tertiary/aromatic N) is 1. The zero-order valence-electron chi connectivity index (χ0n) is 11.0. The van der Waals surface area contributed by atoms with Crippen molar-refractivity contribution in [3.05, 3.63) is 29.8 Å². The van der Waals surface area contributed by atoms with Gasteiger partial charge in [0.25, 0.3) is 0 Å². The van der Waals surface area contributed by atoms with Gasteiger partial charge in [0.05, 0.1) is 12.2 Å². The van der Waals surface area contributed by atoms with Gasteiger partial charge >= 0.3 is 6.03 Å². The summed E-state index contributed by atoms with van der Waals surface area (Å²) < 4.78 is 0. The molecule has 0 saturated carbocycles. The SMILES string of the molecule is CC(O)c1ccc(NC(=O)N2CCC(O)CC2)cc1. The van der Waals surface area contributed by atoms with Gasteiger partial charge in [-0.2, -0.15) is 0 Å². The number of urea groups is 1. The van der Waals surface area contributed by atoms with Crippen molar-refractivity contribution >= 4 is 11.7 Å². The third kappa shape index (κ3) is 3.68. The van der Waals surface area contributed by atoms with E-state index in [1.54, 1.807) is 36.1 Å². The van der Waals surface area contributed by atoms with Gasteiger partial charge in [-0.1, -0.05) is 12.1 Å². The number of anilines is 1. The fourth-order valence-corrected chi connectivity index (χ4v) is 2.12. The second kappa shape index (κ2) is 6.04. The summed E-state index contributed by atoms with van der Waals surface area (Å²) in [4.78, 5) is 13.7. The van der Waals surface area contributed by atoms with Gasteiger partial charge in [-0.05, 0) is 37.5 Å². The molecule has 2 rings (SSSR count). The van der Waals surface area contributed by atoms with E-state index < -0.39 is 6.10 Å². The van der Waals surface area contributed by atoms with Gasteiger partial charge in [0, 0.05) is 18.8 Å². The molecule has 1 heterocycles. The lowest BCUT2D eigenvalue weighted by molar-refractivity contribution is 0.0972. The highest BCUT2D eigenvalue weighted by atomic mass is 16.3. The van der Waals surface area contributed by atoms with Crippen LogP contribution in [0.2, 0.25) is 0 Å². The Morgan fingerprint density at radius 1 is 1.32 bits per heavy atom. The third-order valence-electron chi connectivity index (χ3n) is 3.40.